The van der Waals surface area contributed by atoms with Gasteiger partial charge in [0.05, 0.1) is 22.9 Å². The van der Waals surface area contributed by atoms with E-state index < -0.39 is 0 Å². The number of para-hydroxylation sites is 1. The van der Waals surface area contributed by atoms with E-state index in [2.05, 4.69) is 18.0 Å². The maximum atomic E-state index is 12.3. The van der Waals surface area contributed by atoms with Crippen molar-refractivity contribution >= 4 is 38.4 Å². The molecule has 0 bridgehead atoms. The van der Waals surface area contributed by atoms with E-state index in [1.165, 1.54) is 11.8 Å². The molecule has 1 aromatic heterocycles. The third-order valence-electron chi connectivity index (χ3n) is 3.69. The molecule has 3 aromatic rings. The van der Waals surface area contributed by atoms with Crippen LogP contribution in [0, 0.1) is 0 Å². The summed E-state index contributed by atoms with van der Waals surface area (Å²) in [4.78, 5) is 16.9. The summed E-state index contributed by atoms with van der Waals surface area (Å²) in [7, 11) is 1.63. The van der Waals surface area contributed by atoms with Gasteiger partial charge in [-0.05, 0) is 36.8 Å². The number of thiazole rings is 1. The molecule has 0 atom stereocenters. The number of hydrogen-bond donors (Lipinski definition) is 0. The zero-order valence-corrected chi connectivity index (χ0v) is 15.4. The summed E-state index contributed by atoms with van der Waals surface area (Å²) in [6.07, 6.45) is 2.15. The van der Waals surface area contributed by atoms with Crippen molar-refractivity contribution in [2.75, 3.05) is 12.9 Å². The maximum Gasteiger partial charge on any atom is 0.219 e. The summed E-state index contributed by atoms with van der Waals surface area (Å²) >= 11 is 3.00. The van der Waals surface area contributed by atoms with Crippen molar-refractivity contribution in [1.29, 1.82) is 0 Å². The monoisotopic (exact) mass is 357 g/mol. The second-order valence-corrected chi connectivity index (χ2v) is 7.49. The highest BCUT2D eigenvalue weighted by Crippen LogP contribution is 2.36. The predicted octanol–water partition coefficient (Wildman–Crippen LogP) is 5.65. The molecule has 0 amide bonds. The average Bonchev–Trinajstić information content (AvgIpc) is 3.05. The Bertz CT molecular complexity index is 824. The van der Waals surface area contributed by atoms with Gasteiger partial charge < -0.3 is 4.74 Å². The number of unbranched alkanes of at least 4 members (excludes halogenated alkanes) is 1. The number of hydrogen-bond acceptors (Lipinski definition) is 5. The van der Waals surface area contributed by atoms with Gasteiger partial charge in [-0.2, -0.15) is 0 Å². The number of carbonyl (C=O) groups is 1. The molecule has 0 aliphatic rings. The molecular formula is C19H19NO2S2. The van der Waals surface area contributed by atoms with Crippen LogP contribution in [0.25, 0.3) is 20.8 Å². The van der Waals surface area contributed by atoms with E-state index in [1.54, 1.807) is 18.4 Å². The second-order valence-electron chi connectivity index (χ2n) is 5.39. The van der Waals surface area contributed by atoms with Crippen LogP contribution in [0.3, 0.4) is 0 Å². The molecular weight excluding hydrogens is 338 g/mol. The second kappa shape index (κ2) is 7.81. The Morgan fingerprint density at radius 3 is 2.83 bits per heavy atom. The lowest BCUT2D eigenvalue weighted by atomic mass is 10.1. The van der Waals surface area contributed by atoms with E-state index in [0.717, 1.165) is 39.4 Å². The van der Waals surface area contributed by atoms with E-state index in [1.807, 2.05) is 36.4 Å². The molecule has 0 saturated carbocycles. The van der Waals surface area contributed by atoms with Crippen LogP contribution in [0.2, 0.25) is 0 Å². The van der Waals surface area contributed by atoms with Crippen LogP contribution in [-0.2, 0) is 0 Å². The topological polar surface area (TPSA) is 39.2 Å². The Kier molecular flexibility index (Phi) is 5.53. The van der Waals surface area contributed by atoms with Gasteiger partial charge in [0.2, 0.25) is 5.12 Å². The minimum atomic E-state index is 0.0950. The molecule has 0 N–H and O–H groups in total. The number of benzene rings is 2. The molecule has 0 aliphatic heterocycles. The van der Waals surface area contributed by atoms with Crippen LogP contribution >= 0.6 is 23.1 Å². The van der Waals surface area contributed by atoms with Gasteiger partial charge in [-0.15, -0.1) is 11.3 Å². The van der Waals surface area contributed by atoms with Crippen LogP contribution < -0.4 is 4.74 Å². The zero-order chi connectivity index (χ0) is 16.9. The molecule has 1 heterocycles. The summed E-state index contributed by atoms with van der Waals surface area (Å²) in [6.45, 7) is 2.13. The lowest BCUT2D eigenvalue weighted by Gasteiger charge is -2.08. The lowest BCUT2D eigenvalue weighted by molar-refractivity contribution is 0.108. The largest absolute Gasteiger partial charge is 0.496 e. The predicted molar refractivity (Wildman–Crippen MR) is 103 cm³/mol. The third kappa shape index (κ3) is 3.62. The standard InChI is InChI=1S/C19H19NO2S2/c1-3-4-11-23-19(21)13-9-10-14(16(12-13)22-2)18-20-15-7-5-6-8-17(15)24-18/h5-10,12H,3-4,11H2,1-2H3. The van der Waals surface area contributed by atoms with Crippen LogP contribution in [-0.4, -0.2) is 23.0 Å². The van der Waals surface area contributed by atoms with Crippen LogP contribution in [0.5, 0.6) is 5.75 Å². The van der Waals surface area contributed by atoms with Gasteiger partial charge in [0.15, 0.2) is 0 Å². The minimum absolute atomic E-state index is 0.0950. The summed E-state index contributed by atoms with van der Waals surface area (Å²) < 4.78 is 6.66. The molecule has 3 rings (SSSR count). The first-order chi connectivity index (χ1) is 11.7. The van der Waals surface area contributed by atoms with Gasteiger partial charge in [0.25, 0.3) is 0 Å². The molecule has 0 fully saturated rings. The van der Waals surface area contributed by atoms with Gasteiger partial charge in [0, 0.05) is 11.3 Å². The number of methoxy groups -OCH3 is 1. The summed E-state index contributed by atoms with van der Waals surface area (Å²) in [5.41, 5.74) is 2.58. The highest BCUT2D eigenvalue weighted by atomic mass is 32.2. The van der Waals surface area contributed by atoms with Crippen molar-refractivity contribution < 1.29 is 9.53 Å². The van der Waals surface area contributed by atoms with E-state index in [4.69, 9.17) is 4.74 Å². The van der Waals surface area contributed by atoms with Gasteiger partial charge in [-0.25, -0.2) is 4.98 Å². The first-order valence-electron chi connectivity index (χ1n) is 7.94. The fourth-order valence-corrected chi connectivity index (χ4v) is 4.28. The number of ether oxygens (including phenoxy) is 1. The third-order valence-corrected chi connectivity index (χ3v) is 5.75. The highest BCUT2D eigenvalue weighted by molar-refractivity contribution is 8.14. The van der Waals surface area contributed by atoms with Crippen LogP contribution in [0.4, 0.5) is 0 Å². The number of carbonyl (C=O) groups excluding carboxylic acids is 1. The molecule has 2 aromatic carbocycles. The molecule has 0 saturated heterocycles. The van der Waals surface area contributed by atoms with E-state index in [0.29, 0.717) is 11.3 Å². The lowest BCUT2D eigenvalue weighted by Crippen LogP contribution is -1.97. The van der Waals surface area contributed by atoms with Crippen LogP contribution in [0.1, 0.15) is 30.1 Å². The maximum absolute atomic E-state index is 12.3. The van der Waals surface area contributed by atoms with Gasteiger partial charge in [-0.3, -0.25) is 4.79 Å². The Morgan fingerprint density at radius 1 is 1.25 bits per heavy atom. The molecule has 5 heteroatoms. The summed E-state index contributed by atoms with van der Waals surface area (Å²) in [5, 5.41) is 1.00. The molecule has 0 unspecified atom stereocenters. The highest BCUT2D eigenvalue weighted by Gasteiger charge is 2.14. The summed E-state index contributed by atoms with van der Waals surface area (Å²) in [6, 6.07) is 13.7. The number of thioether (sulfide) groups is 1. The van der Waals surface area contributed by atoms with Gasteiger partial charge in [-0.1, -0.05) is 37.2 Å². The smallest absolute Gasteiger partial charge is 0.219 e. The number of nitrogens with zero attached hydrogens (tertiary/aromatic N) is 1. The minimum Gasteiger partial charge on any atom is -0.496 e. The molecule has 0 aliphatic carbocycles. The van der Waals surface area contributed by atoms with Crippen molar-refractivity contribution in [2.45, 2.75) is 19.8 Å². The zero-order valence-electron chi connectivity index (χ0n) is 13.7. The number of rotatable bonds is 6. The van der Waals surface area contributed by atoms with Crippen molar-refractivity contribution in [3.63, 3.8) is 0 Å². The Balaban J connectivity index is 1.90. The fraction of sp³-hybridized carbons (Fsp3) is 0.263. The fourth-order valence-electron chi connectivity index (χ4n) is 2.37. The van der Waals surface area contributed by atoms with E-state index in [9.17, 15) is 4.79 Å². The molecule has 0 spiro atoms. The van der Waals surface area contributed by atoms with Crippen molar-refractivity contribution in [1.82, 2.24) is 4.98 Å². The Hall–Kier alpha value is -1.85. The quantitative estimate of drug-likeness (QED) is 0.535. The molecule has 124 valence electrons. The molecule has 3 nitrogen and oxygen atoms in total. The van der Waals surface area contributed by atoms with Crippen molar-refractivity contribution in [3.05, 3.63) is 48.0 Å². The first-order valence-corrected chi connectivity index (χ1v) is 9.74. The number of aromatic nitrogens is 1. The first kappa shape index (κ1) is 17.0. The Morgan fingerprint density at radius 2 is 2.08 bits per heavy atom. The van der Waals surface area contributed by atoms with Gasteiger partial charge >= 0.3 is 0 Å². The normalized spacial score (nSPS) is 10.9. The van der Waals surface area contributed by atoms with Gasteiger partial charge in [0.1, 0.15) is 10.8 Å². The summed E-state index contributed by atoms with van der Waals surface area (Å²) in [5.74, 6) is 1.55. The molecule has 0 radical (unpaired) electrons. The van der Waals surface area contributed by atoms with E-state index in [-0.39, 0.29) is 5.12 Å². The van der Waals surface area contributed by atoms with Crippen molar-refractivity contribution in [2.24, 2.45) is 0 Å². The number of fused-ring (bicyclic) bond motifs is 1. The average molecular weight is 358 g/mol. The molecule has 24 heavy (non-hydrogen) atoms. The van der Waals surface area contributed by atoms with E-state index >= 15 is 0 Å². The SMILES string of the molecule is CCCCSC(=O)c1ccc(-c2nc3ccccc3s2)c(OC)c1. The Labute approximate surface area is 150 Å². The van der Waals surface area contributed by atoms with Crippen molar-refractivity contribution in [3.8, 4) is 16.3 Å². The van der Waals surface area contributed by atoms with Crippen LogP contribution in [0.15, 0.2) is 42.5 Å².